The maximum absolute atomic E-state index is 5.77. The molecule has 23 heavy (non-hydrogen) atoms. The fourth-order valence-corrected chi connectivity index (χ4v) is 2.89. The van der Waals surface area contributed by atoms with E-state index in [9.17, 15) is 0 Å². The van der Waals surface area contributed by atoms with E-state index in [1.807, 2.05) is 36.4 Å². The van der Waals surface area contributed by atoms with Crippen molar-refractivity contribution in [2.75, 3.05) is 0 Å². The Bertz CT molecular complexity index is 1180. The predicted octanol–water partition coefficient (Wildman–Crippen LogP) is 4.59. The number of rotatable bonds is 1. The summed E-state index contributed by atoms with van der Waals surface area (Å²) in [6.45, 7) is 0. The van der Waals surface area contributed by atoms with E-state index in [1.54, 1.807) is 18.6 Å². The summed E-state index contributed by atoms with van der Waals surface area (Å²) in [5, 5.41) is 3.19. The van der Waals surface area contributed by atoms with Crippen molar-refractivity contribution >= 4 is 32.8 Å². The lowest BCUT2D eigenvalue weighted by atomic mass is 10.1. The highest BCUT2D eigenvalue weighted by Crippen LogP contribution is 2.30. The van der Waals surface area contributed by atoms with Crippen LogP contribution in [0.2, 0.25) is 0 Å². The molecule has 5 aromatic rings. The molecule has 0 unspecified atom stereocenters. The Morgan fingerprint density at radius 2 is 1.70 bits per heavy atom. The van der Waals surface area contributed by atoms with E-state index < -0.39 is 0 Å². The van der Waals surface area contributed by atoms with Crippen molar-refractivity contribution < 1.29 is 4.42 Å². The average molecular weight is 297 g/mol. The molecule has 0 amide bonds. The smallest absolute Gasteiger partial charge is 0.153 e. The number of nitrogens with zero attached hydrogens (tertiary/aromatic N) is 3. The Balaban J connectivity index is 1.76. The average Bonchev–Trinajstić information content (AvgIpc) is 2.99. The molecule has 0 spiro atoms. The molecule has 0 saturated heterocycles. The standard InChI is InChI=1S/C19H11N3O/c1-2-4-15-12(3-1)5-6-16(22-15)17-9-14-13-7-8-20-10-18(13)23-19(14)11-21-17/h1-11H. The Morgan fingerprint density at radius 3 is 2.70 bits per heavy atom. The zero-order chi connectivity index (χ0) is 15.2. The molecule has 0 saturated carbocycles. The lowest BCUT2D eigenvalue weighted by Gasteiger charge is -2.02. The van der Waals surface area contributed by atoms with Gasteiger partial charge in [0.25, 0.3) is 0 Å². The molecule has 0 aliphatic heterocycles. The molecule has 0 radical (unpaired) electrons. The first kappa shape index (κ1) is 12.3. The van der Waals surface area contributed by atoms with Crippen LogP contribution in [-0.4, -0.2) is 15.0 Å². The maximum atomic E-state index is 5.77. The van der Waals surface area contributed by atoms with Gasteiger partial charge in [-0.1, -0.05) is 24.3 Å². The van der Waals surface area contributed by atoms with Gasteiger partial charge in [-0.05, 0) is 24.3 Å². The molecule has 0 fully saturated rings. The summed E-state index contributed by atoms with van der Waals surface area (Å²) in [6, 6.07) is 16.1. The van der Waals surface area contributed by atoms with Crippen LogP contribution in [0.15, 0.2) is 71.5 Å². The summed E-state index contributed by atoms with van der Waals surface area (Å²) < 4.78 is 5.77. The van der Waals surface area contributed by atoms with Crippen molar-refractivity contribution in [3.8, 4) is 11.4 Å². The van der Waals surface area contributed by atoms with E-state index in [-0.39, 0.29) is 0 Å². The minimum atomic E-state index is 0.762. The highest BCUT2D eigenvalue weighted by Gasteiger charge is 2.10. The third-order valence-corrected chi connectivity index (χ3v) is 4.02. The van der Waals surface area contributed by atoms with E-state index in [0.717, 1.165) is 44.2 Å². The Labute approximate surface area is 131 Å². The minimum Gasteiger partial charge on any atom is -0.453 e. The second-order valence-corrected chi connectivity index (χ2v) is 5.43. The molecule has 4 heteroatoms. The van der Waals surface area contributed by atoms with Crippen LogP contribution in [0.5, 0.6) is 0 Å². The lowest BCUT2D eigenvalue weighted by Crippen LogP contribution is -1.88. The summed E-state index contributed by atoms with van der Waals surface area (Å²) in [4.78, 5) is 13.3. The first-order chi connectivity index (χ1) is 11.4. The zero-order valence-electron chi connectivity index (χ0n) is 12.1. The molecular weight excluding hydrogens is 286 g/mol. The summed E-state index contributed by atoms with van der Waals surface area (Å²) in [5.74, 6) is 0. The quantitative estimate of drug-likeness (QED) is 0.454. The van der Waals surface area contributed by atoms with Crippen molar-refractivity contribution in [3.63, 3.8) is 0 Å². The molecule has 4 nitrogen and oxygen atoms in total. The van der Waals surface area contributed by atoms with Crippen molar-refractivity contribution in [2.24, 2.45) is 0 Å². The Hall–Kier alpha value is -3.27. The number of benzene rings is 1. The molecule has 0 N–H and O–H groups in total. The van der Waals surface area contributed by atoms with Crippen LogP contribution in [0.25, 0.3) is 44.2 Å². The summed E-state index contributed by atoms with van der Waals surface area (Å²) in [6.07, 6.45) is 5.25. The maximum Gasteiger partial charge on any atom is 0.153 e. The van der Waals surface area contributed by atoms with Gasteiger partial charge in [-0.3, -0.25) is 9.97 Å². The molecule has 0 bridgehead atoms. The monoisotopic (exact) mass is 297 g/mol. The molecule has 1 aromatic carbocycles. The highest BCUT2D eigenvalue weighted by atomic mass is 16.3. The van der Waals surface area contributed by atoms with Crippen LogP contribution in [-0.2, 0) is 0 Å². The Morgan fingerprint density at radius 1 is 0.783 bits per heavy atom. The van der Waals surface area contributed by atoms with Gasteiger partial charge in [-0.15, -0.1) is 0 Å². The molecular formula is C19H11N3O. The van der Waals surface area contributed by atoms with Gasteiger partial charge in [-0.2, -0.15) is 0 Å². The van der Waals surface area contributed by atoms with Gasteiger partial charge < -0.3 is 4.42 Å². The number of hydrogen-bond acceptors (Lipinski definition) is 4. The van der Waals surface area contributed by atoms with Gasteiger partial charge >= 0.3 is 0 Å². The van der Waals surface area contributed by atoms with Crippen molar-refractivity contribution in [3.05, 3.63) is 67.1 Å². The number of para-hydroxylation sites is 1. The van der Waals surface area contributed by atoms with Crippen molar-refractivity contribution in [2.45, 2.75) is 0 Å². The van der Waals surface area contributed by atoms with Crippen molar-refractivity contribution in [1.82, 2.24) is 15.0 Å². The third kappa shape index (κ3) is 1.89. The highest BCUT2D eigenvalue weighted by molar-refractivity contribution is 6.05. The van der Waals surface area contributed by atoms with E-state index >= 15 is 0 Å². The van der Waals surface area contributed by atoms with Crippen molar-refractivity contribution in [1.29, 1.82) is 0 Å². The largest absolute Gasteiger partial charge is 0.453 e. The number of aromatic nitrogens is 3. The third-order valence-electron chi connectivity index (χ3n) is 4.02. The van der Waals surface area contributed by atoms with E-state index in [2.05, 4.69) is 22.1 Å². The second kappa shape index (κ2) is 4.61. The SMILES string of the molecule is c1ccc2nc(-c3cc4c(cn3)oc3cnccc34)ccc2c1. The molecule has 108 valence electrons. The Kier molecular flexibility index (Phi) is 2.46. The van der Waals surface area contributed by atoms with Gasteiger partial charge in [0.05, 0.1) is 29.3 Å². The lowest BCUT2D eigenvalue weighted by molar-refractivity contribution is 0.665. The topological polar surface area (TPSA) is 51.8 Å². The second-order valence-electron chi connectivity index (χ2n) is 5.43. The molecule has 4 heterocycles. The van der Waals surface area contributed by atoms with Crippen LogP contribution >= 0.6 is 0 Å². The fraction of sp³-hybridized carbons (Fsp3) is 0. The summed E-state index contributed by atoms with van der Waals surface area (Å²) >= 11 is 0. The fourth-order valence-electron chi connectivity index (χ4n) is 2.89. The first-order valence-corrected chi connectivity index (χ1v) is 7.37. The molecule has 4 aromatic heterocycles. The number of hydrogen-bond donors (Lipinski definition) is 0. The van der Waals surface area contributed by atoms with Gasteiger partial charge in [0, 0.05) is 22.4 Å². The number of fused-ring (bicyclic) bond motifs is 4. The van der Waals surface area contributed by atoms with Crippen LogP contribution < -0.4 is 0 Å². The minimum absolute atomic E-state index is 0.762. The van der Waals surface area contributed by atoms with Crippen LogP contribution in [0.1, 0.15) is 0 Å². The normalized spacial score (nSPS) is 11.5. The van der Waals surface area contributed by atoms with E-state index in [4.69, 9.17) is 9.40 Å². The van der Waals surface area contributed by atoms with Gasteiger partial charge in [0.1, 0.15) is 0 Å². The summed E-state index contributed by atoms with van der Waals surface area (Å²) in [5.41, 5.74) is 4.19. The molecule has 5 rings (SSSR count). The van der Waals surface area contributed by atoms with Gasteiger partial charge in [0.2, 0.25) is 0 Å². The number of pyridine rings is 3. The predicted molar refractivity (Wildman–Crippen MR) is 90.0 cm³/mol. The zero-order valence-corrected chi connectivity index (χ0v) is 12.1. The summed E-state index contributed by atoms with van der Waals surface area (Å²) in [7, 11) is 0. The van der Waals surface area contributed by atoms with Crippen LogP contribution in [0, 0.1) is 0 Å². The molecule has 0 aliphatic carbocycles. The molecule has 0 atom stereocenters. The van der Waals surface area contributed by atoms with Gasteiger partial charge in [0.15, 0.2) is 11.2 Å². The van der Waals surface area contributed by atoms with Crippen LogP contribution in [0.3, 0.4) is 0 Å². The van der Waals surface area contributed by atoms with E-state index in [0.29, 0.717) is 0 Å². The van der Waals surface area contributed by atoms with E-state index in [1.165, 1.54) is 0 Å². The molecule has 0 aliphatic rings. The van der Waals surface area contributed by atoms with Gasteiger partial charge in [-0.25, -0.2) is 4.98 Å². The first-order valence-electron chi connectivity index (χ1n) is 7.37. The van der Waals surface area contributed by atoms with Crippen LogP contribution in [0.4, 0.5) is 0 Å². The number of furan rings is 1.